The topological polar surface area (TPSA) is 75.5 Å². The summed E-state index contributed by atoms with van der Waals surface area (Å²) in [5.74, 6) is 1.38. The molecular formula is C11H18N2O3. The van der Waals surface area contributed by atoms with E-state index in [1.165, 1.54) is 12.4 Å². The van der Waals surface area contributed by atoms with Gasteiger partial charge in [-0.2, -0.15) is 0 Å². The second-order valence-electron chi connectivity index (χ2n) is 4.01. The molecule has 1 unspecified atom stereocenters. The standard InChI is InChI=1S/C11H18N2O3/c1-8(2)3-4-16-9-5-12-11(13-6-9)10(15)7-14/h5-6,8,10,14-15H,3-4,7H2,1-2H3. The monoisotopic (exact) mass is 226 g/mol. The first-order valence-corrected chi connectivity index (χ1v) is 5.37. The molecule has 0 aromatic carbocycles. The highest BCUT2D eigenvalue weighted by Gasteiger charge is 2.08. The molecule has 1 heterocycles. The van der Waals surface area contributed by atoms with Crippen molar-refractivity contribution in [3.63, 3.8) is 0 Å². The largest absolute Gasteiger partial charge is 0.490 e. The van der Waals surface area contributed by atoms with Gasteiger partial charge in [0.05, 0.1) is 25.6 Å². The minimum Gasteiger partial charge on any atom is -0.490 e. The van der Waals surface area contributed by atoms with Crippen molar-refractivity contribution in [2.45, 2.75) is 26.4 Å². The van der Waals surface area contributed by atoms with E-state index in [1.807, 2.05) is 0 Å². The Hall–Kier alpha value is -1.20. The van der Waals surface area contributed by atoms with E-state index in [0.29, 0.717) is 18.3 Å². The lowest BCUT2D eigenvalue weighted by molar-refractivity contribution is 0.0884. The predicted molar refractivity (Wildman–Crippen MR) is 59.0 cm³/mol. The van der Waals surface area contributed by atoms with E-state index in [2.05, 4.69) is 23.8 Å². The number of aliphatic hydroxyl groups is 2. The van der Waals surface area contributed by atoms with Gasteiger partial charge in [-0.15, -0.1) is 0 Å². The molecule has 1 atom stereocenters. The molecule has 1 rings (SSSR count). The molecule has 0 spiro atoms. The number of hydrogen-bond acceptors (Lipinski definition) is 5. The van der Waals surface area contributed by atoms with Crippen molar-refractivity contribution < 1.29 is 14.9 Å². The fourth-order valence-corrected chi connectivity index (χ4v) is 1.07. The van der Waals surface area contributed by atoms with Gasteiger partial charge >= 0.3 is 0 Å². The molecule has 0 fully saturated rings. The second-order valence-corrected chi connectivity index (χ2v) is 4.01. The van der Waals surface area contributed by atoms with Crippen LogP contribution < -0.4 is 4.74 Å². The molecule has 0 bridgehead atoms. The molecular weight excluding hydrogens is 208 g/mol. The Morgan fingerprint density at radius 2 is 1.94 bits per heavy atom. The molecule has 90 valence electrons. The Bertz CT molecular complexity index is 301. The van der Waals surface area contributed by atoms with Crippen molar-refractivity contribution in [2.24, 2.45) is 5.92 Å². The number of nitrogens with zero attached hydrogens (tertiary/aromatic N) is 2. The molecule has 0 aliphatic carbocycles. The van der Waals surface area contributed by atoms with Gasteiger partial charge in [-0.05, 0) is 12.3 Å². The van der Waals surface area contributed by atoms with E-state index >= 15 is 0 Å². The normalized spacial score (nSPS) is 12.8. The fourth-order valence-electron chi connectivity index (χ4n) is 1.07. The minimum absolute atomic E-state index is 0.207. The zero-order valence-corrected chi connectivity index (χ0v) is 9.63. The third-order valence-corrected chi connectivity index (χ3v) is 2.08. The van der Waals surface area contributed by atoms with Crippen LogP contribution in [0.15, 0.2) is 12.4 Å². The predicted octanol–water partition coefficient (Wildman–Crippen LogP) is 0.927. The summed E-state index contributed by atoms with van der Waals surface area (Å²) in [5.41, 5.74) is 0. The van der Waals surface area contributed by atoms with E-state index in [4.69, 9.17) is 9.84 Å². The number of aliphatic hydroxyl groups excluding tert-OH is 2. The van der Waals surface area contributed by atoms with Crippen LogP contribution in [0.3, 0.4) is 0 Å². The highest BCUT2D eigenvalue weighted by molar-refractivity contribution is 5.12. The molecule has 0 saturated heterocycles. The van der Waals surface area contributed by atoms with Crippen LogP contribution in [0.2, 0.25) is 0 Å². The van der Waals surface area contributed by atoms with Crippen LogP contribution in [0.5, 0.6) is 5.75 Å². The SMILES string of the molecule is CC(C)CCOc1cnc(C(O)CO)nc1. The van der Waals surface area contributed by atoms with Crippen LogP contribution in [0.1, 0.15) is 32.2 Å². The fraction of sp³-hybridized carbons (Fsp3) is 0.636. The number of aromatic nitrogens is 2. The number of rotatable bonds is 6. The van der Waals surface area contributed by atoms with E-state index in [-0.39, 0.29) is 12.4 Å². The van der Waals surface area contributed by atoms with Crippen LogP contribution in [0.4, 0.5) is 0 Å². The van der Waals surface area contributed by atoms with Gasteiger partial charge in [0.25, 0.3) is 0 Å². The molecule has 0 radical (unpaired) electrons. The van der Waals surface area contributed by atoms with Crippen LogP contribution in [0, 0.1) is 5.92 Å². The van der Waals surface area contributed by atoms with Crippen molar-refractivity contribution in [3.05, 3.63) is 18.2 Å². The molecule has 2 N–H and O–H groups in total. The first-order valence-electron chi connectivity index (χ1n) is 5.37. The van der Waals surface area contributed by atoms with Gasteiger partial charge in [0.15, 0.2) is 11.6 Å². The lowest BCUT2D eigenvalue weighted by Gasteiger charge is -2.09. The van der Waals surface area contributed by atoms with Gasteiger partial charge in [0.2, 0.25) is 0 Å². The Labute approximate surface area is 95.1 Å². The smallest absolute Gasteiger partial charge is 0.159 e. The Kier molecular flexibility index (Phi) is 5.14. The van der Waals surface area contributed by atoms with Crippen molar-refractivity contribution in [1.29, 1.82) is 0 Å². The maximum absolute atomic E-state index is 9.25. The summed E-state index contributed by atoms with van der Waals surface area (Å²) in [7, 11) is 0. The Morgan fingerprint density at radius 3 is 2.44 bits per heavy atom. The summed E-state index contributed by atoms with van der Waals surface area (Å²) in [6.07, 6.45) is 2.95. The lowest BCUT2D eigenvalue weighted by Crippen LogP contribution is -2.08. The maximum atomic E-state index is 9.25. The minimum atomic E-state index is -1.02. The van der Waals surface area contributed by atoms with Gasteiger partial charge in [0, 0.05) is 0 Å². The molecule has 5 heteroatoms. The second kappa shape index (κ2) is 6.40. The zero-order valence-electron chi connectivity index (χ0n) is 9.63. The third-order valence-electron chi connectivity index (χ3n) is 2.08. The molecule has 5 nitrogen and oxygen atoms in total. The molecule has 1 aromatic rings. The first kappa shape index (κ1) is 12.9. The van der Waals surface area contributed by atoms with E-state index in [1.54, 1.807) is 0 Å². The molecule has 16 heavy (non-hydrogen) atoms. The quantitative estimate of drug-likeness (QED) is 0.754. The first-order chi connectivity index (χ1) is 7.63. The van der Waals surface area contributed by atoms with Crippen LogP contribution >= 0.6 is 0 Å². The van der Waals surface area contributed by atoms with Gasteiger partial charge < -0.3 is 14.9 Å². The number of hydrogen-bond donors (Lipinski definition) is 2. The maximum Gasteiger partial charge on any atom is 0.159 e. The van der Waals surface area contributed by atoms with Crippen LogP contribution in [-0.2, 0) is 0 Å². The number of ether oxygens (including phenoxy) is 1. The summed E-state index contributed by atoms with van der Waals surface area (Å²) in [5, 5.41) is 18.0. The Balaban J connectivity index is 2.45. The van der Waals surface area contributed by atoms with Crippen molar-refractivity contribution in [2.75, 3.05) is 13.2 Å². The molecule has 0 aliphatic heterocycles. The average Bonchev–Trinajstić information content (AvgIpc) is 2.28. The summed E-state index contributed by atoms with van der Waals surface area (Å²) in [6, 6.07) is 0. The lowest BCUT2D eigenvalue weighted by atomic mass is 10.1. The van der Waals surface area contributed by atoms with Crippen LogP contribution in [0.25, 0.3) is 0 Å². The molecule has 0 amide bonds. The highest BCUT2D eigenvalue weighted by atomic mass is 16.5. The van der Waals surface area contributed by atoms with Gasteiger partial charge in [-0.25, -0.2) is 9.97 Å². The van der Waals surface area contributed by atoms with E-state index < -0.39 is 6.10 Å². The summed E-state index contributed by atoms with van der Waals surface area (Å²) in [6.45, 7) is 4.50. The summed E-state index contributed by atoms with van der Waals surface area (Å²) < 4.78 is 5.42. The molecule has 1 aromatic heterocycles. The van der Waals surface area contributed by atoms with E-state index in [0.717, 1.165) is 6.42 Å². The molecule has 0 aliphatic rings. The Morgan fingerprint density at radius 1 is 1.31 bits per heavy atom. The highest BCUT2D eigenvalue weighted by Crippen LogP contribution is 2.11. The average molecular weight is 226 g/mol. The third kappa shape index (κ3) is 4.12. The van der Waals surface area contributed by atoms with Gasteiger partial charge in [-0.1, -0.05) is 13.8 Å². The van der Waals surface area contributed by atoms with Crippen molar-refractivity contribution >= 4 is 0 Å². The van der Waals surface area contributed by atoms with Crippen molar-refractivity contribution in [1.82, 2.24) is 9.97 Å². The molecule has 0 saturated carbocycles. The van der Waals surface area contributed by atoms with E-state index in [9.17, 15) is 5.11 Å². The van der Waals surface area contributed by atoms with Gasteiger partial charge in [0.1, 0.15) is 6.10 Å². The summed E-state index contributed by atoms with van der Waals surface area (Å²) in [4.78, 5) is 7.80. The zero-order chi connectivity index (χ0) is 12.0. The van der Waals surface area contributed by atoms with Crippen molar-refractivity contribution in [3.8, 4) is 5.75 Å². The van der Waals surface area contributed by atoms with Crippen LogP contribution in [-0.4, -0.2) is 33.4 Å². The van der Waals surface area contributed by atoms with Gasteiger partial charge in [-0.3, -0.25) is 0 Å². The summed E-state index contributed by atoms with van der Waals surface area (Å²) >= 11 is 0.